The molecule has 1 nitrogen and oxygen atoms in total. The maximum absolute atomic E-state index is 12.9. The van der Waals surface area contributed by atoms with E-state index in [9.17, 15) is 4.39 Å². The van der Waals surface area contributed by atoms with E-state index in [4.69, 9.17) is 5.11 Å². The fraction of sp³-hybridized carbons (Fsp3) is 0.333. The molecule has 0 amide bonds. The van der Waals surface area contributed by atoms with Gasteiger partial charge < -0.3 is 5.11 Å². The highest BCUT2D eigenvalue weighted by molar-refractivity contribution is 5.29. The molecule has 0 radical (unpaired) electrons. The Morgan fingerprint density at radius 3 is 2.82 bits per heavy atom. The molecule has 0 aliphatic rings. The van der Waals surface area contributed by atoms with E-state index < -0.39 is 5.82 Å². The summed E-state index contributed by atoms with van der Waals surface area (Å²) in [6.45, 7) is 1.98. The van der Waals surface area contributed by atoms with E-state index in [-0.39, 0.29) is 5.75 Å². The number of halogens is 1. The first-order valence-corrected chi connectivity index (χ1v) is 3.72. The van der Waals surface area contributed by atoms with Crippen LogP contribution in [0.1, 0.15) is 18.9 Å². The van der Waals surface area contributed by atoms with E-state index in [1.807, 2.05) is 6.92 Å². The molecule has 0 saturated heterocycles. The van der Waals surface area contributed by atoms with Gasteiger partial charge in [0.05, 0.1) is 0 Å². The fourth-order valence-corrected chi connectivity index (χ4v) is 1.03. The second-order valence-corrected chi connectivity index (χ2v) is 2.50. The number of hydrogen-bond acceptors (Lipinski definition) is 1. The van der Waals surface area contributed by atoms with E-state index in [1.54, 1.807) is 12.1 Å². The SMILES string of the molecule is CCCc1cccc(O)c1F. The van der Waals surface area contributed by atoms with Crippen LogP contribution in [0, 0.1) is 5.82 Å². The summed E-state index contributed by atoms with van der Waals surface area (Å²) < 4.78 is 12.9. The Bertz CT molecular complexity index is 245. The molecule has 0 fully saturated rings. The lowest BCUT2D eigenvalue weighted by Crippen LogP contribution is -1.88. The summed E-state index contributed by atoms with van der Waals surface area (Å²) in [7, 11) is 0. The average molecular weight is 154 g/mol. The van der Waals surface area contributed by atoms with Gasteiger partial charge in [-0.15, -0.1) is 0 Å². The zero-order valence-electron chi connectivity index (χ0n) is 6.47. The van der Waals surface area contributed by atoms with Crippen molar-refractivity contribution in [3.63, 3.8) is 0 Å². The van der Waals surface area contributed by atoms with Crippen molar-refractivity contribution in [1.29, 1.82) is 0 Å². The number of phenols is 1. The number of aryl methyl sites for hydroxylation is 1. The van der Waals surface area contributed by atoms with Gasteiger partial charge in [0.15, 0.2) is 11.6 Å². The molecule has 0 atom stereocenters. The third kappa shape index (κ3) is 1.70. The van der Waals surface area contributed by atoms with Crippen LogP contribution in [0.5, 0.6) is 5.75 Å². The van der Waals surface area contributed by atoms with Crippen molar-refractivity contribution in [3.05, 3.63) is 29.6 Å². The highest BCUT2D eigenvalue weighted by Gasteiger charge is 2.04. The Labute approximate surface area is 65.5 Å². The summed E-state index contributed by atoms with van der Waals surface area (Å²) in [5.74, 6) is -0.731. The highest BCUT2D eigenvalue weighted by Crippen LogP contribution is 2.19. The molecule has 1 aromatic carbocycles. The fourth-order valence-electron chi connectivity index (χ4n) is 1.03. The first-order valence-electron chi connectivity index (χ1n) is 3.72. The maximum Gasteiger partial charge on any atom is 0.167 e. The first kappa shape index (κ1) is 8.05. The lowest BCUT2D eigenvalue weighted by atomic mass is 10.1. The van der Waals surface area contributed by atoms with Crippen molar-refractivity contribution in [2.24, 2.45) is 0 Å². The largest absolute Gasteiger partial charge is 0.505 e. The summed E-state index contributed by atoms with van der Waals surface area (Å²) in [5.41, 5.74) is 0.590. The average Bonchev–Trinajstić information content (AvgIpc) is 1.99. The van der Waals surface area contributed by atoms with Crippen molar-refractivity contribution in [2.75, 3.05) is 0 Å². The van der Waals surface area contributed by atoms with Gasteiger partial charge in [-0.3, -0.25) is 0 Å². The normalized spacial score (nSPS) is 10.0. The predicted octanol–water partition coefficient (Wildman–Crippen LogP) is 2.48. The van der Waals surface area contributed by atoms with Crippen LogP contribution < -0.4 is 0 Å². The number of rotatable bonds is 2. The molecule has 1 N–H and O–H groups in total. The Morgan fingerprint density at radius 1 is 1.45 bits per heavy atom. The van der Waals surface area contributed by atoms with Gasteiger partial charge in [-0.1, -0.05) is 25.5 Å². The Balaban J connectivity index is 2.96. The van der Waals surface area contributed by atoms with Gasteiger partial charge in [-0.2, -0.15) is 0 Å². The highest BCUT2D eigenvalue weighted by atomic mass is 19.1. The van der Waals surface area contributed by atoms with Gasteiger partial charge in [-0.05, 0) is 18.1 Å². The number of aromatic hydroxyl groups is 1. The second kappa shape index (κ2) is 3.37. The molecule has 2 heteroatoms. The van der Waals surface area contributed by atoms with E-state index in [2.05, 4.69) is 0 Å². The lowest BCUT2D eigenvalue weighted by Gasteiger charge is -2.01. The Kier molecular flexibility index (Phi) is 2.47. The van der Waals surface area contributed by atoms with Gasteiger partial charge in [-0.25, -0.2) is 4.39 Å². The minimum Gasteiger partial charge on any atom is -0.505 e. The van der Waals surface area contributed by atoms with E-state index >= 15 is 0 Å². The molecule has 0 aliphatic heterocycles. The van der Waals surface area contributed by atoms with Gasteiger partial charge in [0, 0.05) is 0 Å². The van der Waals surface area contributed by atoms with Gasteiger partial charge >= 0.3 is 0 Å². The third-order valence-corrected chi connectivity index (χ3v) is 1.58. The molecule has 0 spiro atoms. The van der Waals surface area contributed by atoms with Crippen LogP contribution in [-0.4, -0.2) is 5.11 Å². The molecular formula is C9H11FO. The zero-order chi connectivity index (χ0) is 8.27. The van der Waals surface area contributed by atoms with E-state index in [0.29, 0.717) is 12.0 Å². The number of benzene rings is 1. The Hall–Kier alpha value is -1.05. The standard InChI is InChI=1S/C9H11FO/c1-2-4-7-5-3-6-8(11)9(7)10/h3,5-6,11H,2,4H2,1H3. The molecule has 1 aromatic rings. The summed E-state index contributed by atoms with van der Waals surface area (Å²) in [6, 6.07) is 4.70. The van der Waals surface area contributed by atoms with Crippen molar-refractivity contribution < 1.29 is 9.50 Å². The molecule has 0 saturated carbocycles. The summed E-state index contributed by atoms with van der Waals surface area (Å²) >= 11 is 0. The van der Waals surface area contributed by atoms with Crippen LogP contribution in [-0.2, 0) is 6.42 Å². The molecule has 0 unspecified atom stereocenters. The molecule has 0 heterocycles. The van der Waals surface area contributed by atoms with Crippen molar-refractivity contribution >= 4 is 0 Å². The topological polar surface area (TPSA) is 20.2 Å². The van der Waals surface area contributed by atoms with Crippen molar-refractivity contribution in [3.8, 4) is 5.75 Å². The summed E-state index contributed by atoms with van der Waals surface area (Å²) in [4.78, 5) is 0. The first-order chi connectivity index (χ1) is 5.25. The summed E-state index contributed by atoms with van der Waals surface area (Å²) in [5, 5.41) is 8.95. The summed E-state index contributed by atoms with van der Waals surface area (Å²) in [6.07, 6.45) is 1.57. The molecule has 0 bridgehead atoms. The van der Waals surface area contributed by atoms with Gasteiger partial charge in [0.2, 0.25) is 0 Å². The molecule has 0 aromatic heterocycles. The molecule has 0 aliphatic carbocycles. The van der Waals surface area contributed by atoms with Crippen molar-refractivity contribution in [2.45, 2.75) is 19.8 Å². The quantitative estimate of drug-likeness (QED) is 0.693. The van der Waals surface area contributed by atoms with E-state index in [1.165, 1.54) is 6.07 Å². The number of hydrogen-bond donors (Lipinski definition) is 1. The maximum atomic E-state index is 12.9. The van der Waals surface area contributed by atoms with Gasteiger partial charge in [0.1, 0.15) is 0 Å². The van der Waals surface area contributed by atoms with Crippen LogP contribution in [0.3, 0.4) is 0 Å². The molecule has 60 valence electrons. The van der Waals surface area contributed by atoms with Crippen LogP contribution in [0.4, 0.5) is 4.39 Å². The molecule has 1 rings (SSSR count). The minimum absolute atomic E-state index is 0.254. The second-order valence-electron chi connectivity index (χ2n) is 2.50. The van der Waals surface area contributed by atoms with Crippen LogP contribution in [0.2, 0.25) is 0 Å². The minimum atomic E-state index is -0.477. The van der Waals surface area contributed by atoms with Crippen LogP contribution >= 0.6 is 0 Å². The smallest absolute Gasteiger partial charge is 0.167 e. The van der Waals surface area contributed by atoms with Crippen LogP contribution in [0.15, 0.2) is 18.2 Å². The van der Waals surface area contributed by atoms with Crippen molar-refractivity contribution in [1.82, 2.24) is 0 Å². The van der Waals surface area contributed by atoms with Crippen LogP contribution in [0.25, 0.3) is 0 Å². The molecular weight excluding hydrogens is 143 g/mol. The third-order valence-electron chi connectivity index (χ3n) is 1.58. The molecule has 11 heavy (non-hydrogen) atoms. The Morgan fingerprint density at radius 2 is 2.18 bits per heavy atom. The van der Waals surface area contributed by atoms with Gasteiger partial charge in [0.25, 0.3) is 0 Å². The monoisotopic (exact) mass is 154 g/mol. The zero-order valence-corrected chi connectivity index (χ0v) is 6.47. The van der Waals surface area contributed by atoms with E-state index in [0.717, 1.165) is 6.42 Å². The lowest BCUT2D eigenvalue weighted by molar-refractivity contribution is 0.428. The predicted molar refractivity (Wildman–Crippen MR) is 42.1 cm³/mol. The number of phenolic OH excluding ortho intramolecular Hbond substituents is 1.